The second-order valence-electron chi connectivity index (χ2n) is 13.8. The average Bonchev–Trinajstić information content (AvgIpc) is 3.25. The molecular weight excluding hydrogens is 651 g/mol. The fraction of sp³-hybridized carbons (Fsp3) is 0.0189. The van der Waals surface area contributed by atoms with Crippen molar-refractivity contribution in [1.29, 1.82) is 0 Å². The van der Waals surface area contributed by atoms with Crippen molar-refractivity contribution in [2.45, 2.75) is 5.41 Å². The van der Waals surface area contributed by atoms with Crippen molar-refractivity contribution in [3.05, 3.63) is 258 Å². The smallest absolute Gasteiger partial charge is 0.0707 e. The summed E-state index contributed by atoms with van der Waals surface area (Å²) in [7, 11) is 0. The number of nitrogens with zero attached hydrogens (tertiary/aromatic N) is 1. The second kappa shape index (κ2) is 14.6. The molecule has 0 aliphatic rings. The minimum Gasteiger partial charge on any atom is -0.310 e. The van der Waals surface area contributed by atoms with Gasteiger partial charge in [-0.2, -0.15) is 0 Å². The molecule has 0 spiro atoms. The highest BCUT2D eigenvalue weighted by atomic mass is 15.1. The highest BCUT2D eigenvalue weighted by molar-refractivity contribution is 5.96. The van der Waals surface area contributed by atoms with Gasteiger partial charge in [0.25, 0.3) is 0 Å². The zero-order valence-electron chi connectivity index (χ0n) is 30.0. The third-order valence-electron chi connectivity index (χ3n) is 10.5. The molecule has 0 radical (unpaired) electrons. The van der Waals surface area contributed by atoms with Crippen LogP contribution >= 0.6 is 0 Å². The van der Waals surface area contributed by atoms with Crippen molar-refractivity contribution in [3.63, 3.8) is 0 Å². The van der Waals surface area contributed by atoms with Gasteiger partial charge in [-0.25, -0.2) is 0 Å². The van der Waals surface area contributed by atoms with E-state index in [0.717, 1.165) is 22.6 Å². The number of rotatable bonds is 9. The largest absolute Gasteiger partial charge is 0.310 e. The summed E-state index contributed by atoms with van der Waals surface area (Å²) >= 11 is 0. The molecule has 0 saturated heterocycles. The second-order valence-corrected chi connectivity index (χ2v) is 13.8. The van der Waals surface area contributed by atoms with E-state index < -0.39 is 5.41 Å². The summed E-state index contributed by atoms with van der Waals surface area (Å²) in [5, 5.41) is 4.87. The van der Waals surface area contributed by atoms with Crippen LogP contribution in [0.15, 0.2) is 224 Å². The van der Waals surface area contributed by atoms with E-state index in [9.17, 15) is 0 Å². The van der Waals surface area contributed by atoms with Gasteiger partial charge in [-0.05, 0) is 110 Å². The lowest BCUT2D eigenvalue weighted by Gasteiger charge is -2.38. The summed E-state index contributed by atoms with van der Waals surface area (Å²) in [6.07, 6.45) is 4.51. The molecule has 0 aromatic heterocycles. The van der Waals surface area contributed by atoms with Gasteiger partial charge in [0.1, 0.15) is 0 Å². The van der Waals surface area contributed by atoms with Gasteiger partial charge in [0.2, 0.25) is 0 Å². The molecule has 1 nitrogen and oxygen atoms in total. The Hall–Kier alpha value is -6.96. The lowest BCUT2D eigenvalue weighted by atomic mass is 9.64. The quantitative estimate of drug-likeness (QED) is 0.108. The Morgan fingerprint density at radius 3 is 1.31 bits per heavy atom. The van der Waals surface area contributed by atoms with E-state index >= 15 is 0 Å². The maximum Gasteiger partial charge on any atom is 0.0707 e. The molecule has 0 saturated carbocycles. The third-order valence-corrected chi connectivity index (χ3v) is 10.5. The molecule has 0 unspecified atom stereocenters. The first-order chi connectivity index (χ1) is 26.8. The fourth-order valence-corrected chi connectivity index (χ4v) is 8.05. The van der Waals surface area contributed by atoms with Crippen LogP contribution in [-0.2, 0) is 5.41 Å². The van der Waals surface area contributed by atoms with Crippen molar-refractivity contribution in [2.24, 2.45) is 0 Å². The van der Waals surface area contributed by atoms with Crippen molar-refractivity contribution in [3.8, 4) is 0 Å². The summed E-state index contributed by atoms with van der Waals surface area (Å²) in [5.41, 5.74) is 9.89. The molecule has 0 fully saturated rings. The minimum absolute atomic E-state index is 0.627. The predicted molar refractivity (Wildman–Crippen MR) is 230 cm³/mol. The first-order valence-electron chi connectivity index (χ1n) is 18.6. The predicted octanol–water partition coefficient (Wildman–Crippen LogP) is 14.0. The number of anilines is 3. The summed E-state index contributed by atoms with van der Waals surface area (Å²) in [6, 6.07) is 81.3. The Bertz CT molecular complexity index is 2550. The molecule has 1 heteroatoms. The van der Waals surface area contributed by atoms with Crippen LogP contribution in [0.2, 0.25) is 0 Å². The van der Waals surface area contributed by atoms with Gasteiger partial charge in [0, 0.05) is 17.1 Å². The van der Waals surface area contributed by atoms with Crippen LogP contribution in [0, 0.1) is 0 Å². The van der Waals surface area contributed by atoms with Gasteiger partial charge in [0.15, 0.2) is 0 Å². The number of hydrogen-bond donors (Lipinski definition) is 0. The van der Waals surface area contributed by atoms with Gasteiger partial charge in [0.05, 0.1) is 5.41 Å². The topological polar surface area (TPSA) is 3.24 Å². The molecule has 0 amide bonds. The zero-order chi connectivity index (χ0) is 36.2. The van der Waals surface area contributed by atoms with E-state index in [0.29, 0.717) is 0 Å². The molecular formula is C53H39N. The zero-order valence-corrected chi connectivity index (χ0v) is 30.0. The minimum atomic E-state index is -0.627. The summed E-state index contributed by atoms with van der Waals surface area (Å²) in [4.78, 5) is 2.35. The van der Waals surface area contributed by atoms with Crippen LogP contribution in [0.25, 0.3) is 33.7 Å². The molecule has 0 atom stereocenters. The van der Waals surface area contributed by atoms with E-state index in [1.165, 1.54) is 49.4 Å². The number of para-hydroxylation sites is 2. The maximum atomic E-state index is 2.42. The van der Waals surface area contributed by atoms with Gasteiger partial charge in [-0.3, -0.25) is 0 Å². The molecule has 54 heavy (non-hydrogen) atoms. The Kier molecular flexibility index (Phi) is 8.89. The highest BCUT2D eigenvalue weighted by Gasteiger charge is 2.39. The number of hydrogen-bond acceptors (Lipinski definition) is 1. The standard InChI is InChI=1S/C53H39N/c1-6-20-45(21-7-1)53(46-22-8-2-9-23-46,47-24-10-3-11-25-47)52-38-41(31-30-40-32-33-42-18-16-17-19-43(42)36-40)37-44-34-35-50(39-51(44)52)54(48-26-12-4-13-27-48)49-28-14-5-15-29-49/h1-39H. The molecule has 0 heterocycles. The summed E-state index contributed by atoms with van der Waals surface area (Å²) in [5.74, 6) is 0. The summed E-state index contributed by atoms with van der Waals surface area (Å²) < 4.78 is 0. The first kappa shape index (κ1) is 32.9. The van der Waals surface area contributed by atoms with Gasteiger partial charge in [-0.1, -0.05) is 182 Å². The third kappa shape index (κ3) is 6.16. The molecule has 0 aliphatic heterocycles. The van der Waals surface area contributed by atoms with Gasteiger partial charge >= 0.3 is 0 Å². The van der Waals surface area contributed by atoms with Crippen molar-refractivity contribution in [2.75, 3.05) is 4.90 Å². The van der Waals surface area contributed by atoms with E-state index in [-0.39, 0.29) is 0 Å². The Morgan fingerprint density at radius 2 is 0.759 bits per heavy atom. The molecule has 256 valence electrons. The number of benzene rings is 9. The van der Waals surface area contributed by atoms with Crippen molar-refractivity contribution < 1.29 is 0 Å². The molecule has 9 aromatic rings. The molecule has 9 rings (SSSR count). The fourth-order valence-electron chi connectivity index (χ4n) is 8.05. The molecule has 0 bridgehead atoms. The lowest BCUT2D eigenvalue weighted by molar-refractivity contribution is 0.752. The Morgan fingerprint density at radius 1 is 0.315 bits per heavy atom. The van der Waals surface area contributed by atoms with E-state index in [1.807, 2.05) is 0 Å². The molecule has 0 aliphatic carbocycles. The maximum absolute atomic E-state index is 2.42. The van der Waals surface area contributed by atoms with E-state index in [2.05, 4.69) is 242 Å². The van der Waals surface area contributed by atoms with Gasteiger partial charge < -0.3 is 4.90 Å². The summed E-state index contributed by atoms with van der Waals surface area (Å²) in [6.45, 7) is 0. The number of fused-ring (bicyclic) bond motifs is 2. The van der Waals surface area contributed by atoms with Crippen LogP contribution in [0.1, 0.15) is 33.4 Å². The van der Waals surface area contributed by atoms with Crippen molar-refractivity contribution >= 4 is 50.8 Å². The van der Waals surface area contributed by atoms with Crippen LogP contribution in [0.3, 0.4) is 0 Å². The van der Waals surface area contributed by atoms with Gasteiger partial charge in [-0.15, -0.1) is 0 Å². The van der Waals surface area contributed by atoms with Crippen LogP contribution in [0.4, 0.5) is 17.1 Å². The van der Waals surface area contributed by atoms with Crippen LogP contribution < -0.4 is 4.90 Å². The Labute approximate surface area is 317 Å². The highest BCUT2D eigenvalue weighted by Crippen LogP contribution is 2.49. The molecule has 0 N–H and O–H groups in total. The first-order valence-corrected chi connectivity index (χ1v) is 18.6. The van der Waals surface area contributed by atoms with Crippen LogP contribution in [-0.4, -0.2) is 0 Å². The van der Waals surface area contributed by atoms with E-state index in [1.54, 1.807) is 0 Å². The Balaban J connectivity index is 1.35. The van der Waals surface area contributed by atoms with Crippen molar-refractivity contribution in [1.82, 2.24) is 0 Å². The SMILES string of the molecule is C(=Cc1cc(C(c2ccccc2)(c2ccccc2)c2ccccc2)c2cc(N(c3ccccc3)c3ccccc3)ccc2c1)c1ccc2ccccc2c1. The van der Waals surface area contributed by atoms with E-state index in [4.69, 9.17) is 0 Å². The lowest BCUT2D eigenvalue weighted by Crippen LogP contribution is -2.31. The monoisotopic (exact) mass is 689 g/mol. The van der Waals surface area contributed by atoms with Crippen LogP contribution in [0.5, 0.6) is 0 Å². The molecule has 9 aromatic carbocycles. The average molecular weight is 690 g/mol. The normalized spacial score (nSPS) is 11.6.